The summed E-state index contributed by atoms with van der Waals surface area (Å²) in [6.45, 7) is 3.74. The lowest BCUT2D eigenvalue weighted by molar-refractivity contribution is -0.191. The minimum atomic E-state index is -0.186. The lowest BCUT2D eigenvalue weighted by Crippen LogP contribution is -2.03. The van der Waals surface area contributed by atoms with E-state index in [9.17, 15) is 15.0 Å². The van der Waals surface area contributed by atoms with Gasteiger partial charge in [0.25, 0.3) is 0 Å². The van der Waals surface area contributed by atoms with Gasteiger partial charge in [-0.3, -0.25) is 4.79 Å². The summed E-state index contributed by atoms with van der Waals surface area (Å²) in [5.74, 6) is 1.14. The summed E-state index contributed by atoms with van der Waals surface area (Å²) in [7, 11) is 0. The first-order chi connectivity index (χ1) is 15.9. The molecule has 0 aliphatic heterocycles. The van der Waals surface area contributed by atoms with E-state index < -0.39 is 0 Å². The summed E-state index contributed by atoms with van der Waals surface area (Å²) in [6, 6.07) is 17.3. The van der Waals surface area contributed by atoms with Gasteiger partial charge >= 0.3 is 6.15 Å². The number of allylic oxidation sites excluding steroid dienone is 1. The highest BCUT2D eigenvalue weighted by atomic mass is 32.1. The molecule has 0 spiro atoms. The fourth-order valence-corrected chi connectivity index (χ4v) is 4.41. The van der Waals surface area contributed by atoms with Crippen LogP contribution in [-0.2, 0) is 9.59 Å². The standard InChI is InChI=1S/C25H20O4S.CO2/c1-3-4-16-5-9-19(10-6-16)29-24-21-12-8-18(27)14-22(21)30-25(24)23(28)20-11-7-17(26)13-15(20)2;2-1-3/h3-14,26-27H,1-2H3;/b4-3+;. The van der Waals surface area contributed by atoms with E-state index in [4.69, 9.17) is 14.3 Å². The second-order valence-corrected chi connectivity index (χ2v) is 8.08. The second-order valence-electron chi connectivity index (χ2n) is 7.02. The molecule has 0 radical (unpaired) electrons. The molecule has 0 amide bonds. The number of fused-ring (bicyclic) bond motifs is 1. The van der Waals surface area contributed by atoms with E-state index >= 15 is 0 Å². The highest BCUT2D eigenvalue weighted by Gasteiger charge is 2.23. The average Bonchev–Trinajstić information content (AvgIpc) is 3.13. The summed E-state index contributed by atoms with van der Waals surface area (Å²) in [5, 5.41) is 20.3. The number of aryl methyl sites for hydroxylation is 1. The molecule has 33 heavy (non-hydrogen) atoms. The highest BCUT2D eigenvalue weighted by Crippen LogP contribution is 2.43. The maximum Gasteiger partial charge on any atom is 0.373 e. The average molecular weight is 461 g/mol. The third-order valence-corrected chi connectivity index (χ3v) is 5.88. The van der Waals surface area contributed by atoms with Gasteiger partial charge in [0, 0.05) is 15.6 Å². The maximum atomic E-state index is 13.4. The number of ether oxygens (including phenoxy) is 1. The van der Waals surface area contributed by atoms with E-state index in [1.54, 1.807) is 37.3 Å². The monoisotopic (exact) mass is 460 g/mol. The summed E-state index contributed by atoms with van der Waals surface area (Å²) < 4.78 is 6.94. The van der Waals surface area contributed by atoms with Crippen molar-refractivity contribution in [1.82, 2.24) is 0 Å². The third kappa shape index (κ3) is 5.36. The number of hydrogen-bond donors (Lipinski definition) is 2. The predicted octanol–water partition coefficient (Wildman–Crippen LogP) is 6.09. The van der Waals surface area contributed by atoms with Gasteiger partial charge in [0.15, 0.2) is 5.75 Å². The van der Waals surface area contributed by atoms with Crippen LogP contribution in [0.1, 0.15) is 33.3 Å². The van der Waals surface area contributed by atoms with Gasteiger partial charge in [-0.15, -0.1) is 11.3 Å². The number of carbonyl (C=O) groups is 1. The van der Waals surface area contributed by atoms with Crippen LogP contribution in [0.15, 0.2) is 66.7 Å². The Balaban J connectivity index is 0.000000968. The number of hydrogen-bond acceptors (Lipinski definition) is 7. The van der Waals surface area contributed by atoms with Gasteiger partial charge in [-0.2, -0.15) is 9.59 Å². The Labute approximate surface area is 194 Å². The molecule has 0 saturated heterocycles. The van der Waals surface area contributed by atoms with Crippen LogP contribution >= 0.6 is 11.3 Å². The molecule has 0 unspecified atom stereocenters. The van der Waals surface area contributed by atoms with E-state index in [-0.39, 0.29) is 23.4 Å². The van der Waals surface area contributed by atoms with Crippen LogP contribution in [0.2, 0.25) is 0 Å². The number of phenols is 2. The zero-order valence-electron chi connectivity index (χ0n) is 17.9. The van der Waals surface area contributed by atoms with Gasteiger partial charge < -0.3 is 14.9 Å². The van der Waals surface area contributed by atoms with Gasteiger partial charge in [0.2, 0.25) is 5.78 Å². The van der Waals surface area contributed by atoms with Crippen LogP contribution in [0, 0.1) is 6.92 Å². The number of ketones is 1. The maximum absolute atomic E-state index is 13.4. The van der Waals surface area contributed by atoms with Crippen molar-refractivity contribution in [2.24, 2.45) is 0 Å². The molecule has 0 aliphatic carbocycles. The lowest BCUT2D eigenvalue weighted by atomic mass is 10.0. The first-order valence-electron chi connectivity index (χ1n) is 9.87. The molecule has 4 rings (SSSR count). The van der Waals surface area contributed by atoms with Crippen molar-refractivity contribution in [2.75, 3.05) is 0 Å². The topological polar surface area (TPSA) is 101 Å². The third-order valence-electron chi connectivity index (χ3n) is 4.75. The van der Waals surface area contributed by atoms with E-state index in [2.05, 4.69) is 0 Å². The predicted molar refractivity (Wildman–Crippen MR) is 126 cm³/mol. The Kier molecular flexibility index (Phi) is 7.41. The zero-order valence-corrected chi connectivity index (χ0v) is 18.7. The smallest absolute Gasteiger partial charge is 0.373 e. The van der Waals surface area contributed by atoms with Crippen LogP contribution in [0.5, 0.6) is 23.0 Å². The molecule has 6 nitrogen and oxygen atoms in total. The van der Waals surface area contributed by atoms with Crippen LogP contribution in [0.3, 0.4) is 0 Å². The summed E-state index contributed by atoms with van der Waals surface area (Å²) >= 11 is 1.28. The summed E-state index contributed by atoms with van der Waals surface area (Å²) in [6.07, 6.45) is 4.21. The molecule has 0 bridgehead atoms. The first-order valence-corrected chi connectivity index (χ1v) is 10.7. The van der Waals surface area contributed by atoms with Gasteiger partial charge in [-0.05, 0) is 73.5 Å². The van der Waals surface area contributed by atoms with Crippen molar-refractivity contribution >= 4 is 39.4 Å². The second kappa shape index (κ2) is 10.4. The first kappa shape index (κ1) is 23.5. The number of thiophene rings is 1. The van der Waals surface area contributed by atoms with Crippen LogP contribution < -0.4 is 4.74 Å². The van der Waals surface area contributed by atoms with E-state index in [1.165, 1.54) is 17.4 Å². The van der Waals surface area contributed by atoms with Gasteiger partial charge in [0.1, 0.15) is 22.1 Å². The SMILES string of the molecule is C/C=C/c1ccc(Oc2c(C(=O)c3ccc(O)cc3C)sc3cc(O)ccc23)cc1.O=C=O. The molecule has 1 heterocycles. The Morgan fingerprint density at radius 3 is 2.24 bits per heavy atom. The number of phenolic OH excluding ortho intramolecular Hbond substituents is 2. The van der Waals surface area contributed by atoms with Crippen LogP contribution in [0.25, 0.3) is 16.2 Å². The molecule has 0 aliphatic rings. The molecule has 7 heteroatoms. The summed E-state index contributed by atoms with van der Waals surface area (Å²) in [4.78, 5) is 30.1. The normalized spacial score (nSPS) is 10.5. The van der Waals surface area contributed by atoms with E-state index in [1.807, 2.05) is 43.3 Å². The Morgan fingerprint density at radius 2 is 1.61 bits per heavy atom. The van der Waals surface area contributed by atoms with Crippen molar-refractivity contribution in [3.63, 3.8) is 0 Å². The van der Waals surface area contributed by atoms with Gasteiger partial charge in [-0.25, -0.2) is 0 Å². The van der Waals surface area contributed by atoms with Gasteiger partial charge in [0.05, 0.1) is 0 Å². The minimum Gasteiger partial charge on any atom is -0.508 e. The zero-order chi connectivity index (χ0) is 24.0. The van der Waals surface area contributed by atoms with Crippen molar-refractivity contribution in [1.29, 1.82) is 0 Å². The molecule has 2 N–H and O–H groups in total. The Bertz CT molecular complexity index is 1360. The number of benzene rings is 3. The van der Waals surface area contributed by atoms with Crippen molar-refractivity contribution < 1.29 is 29.3 Å². The van der Waals surface area contributed by atoms with E-state index in [0.717, 1.165) is 15.6 Å². The molecular weight excluding hydrogens is 440 g/mol. The number of aromatic hydroxyl groups is 2. The lowest BCUT2D eigenvalue weighted by Gasteiger charge is -2.09. The molecule has 4 aromatic rings. The Hall–Kier alpha value is -4.19. The fourth-order valence-electron chi connectivity index (χ4n) is 3.29. The highest BCUT2D eigenvalue weighted by molar-refractivity contribution is 7.21. The molecule has 166 valence electrons. The molecule has 0 fully saturated rings. The van der Waals surface area contributed by atoms with Crippen LogP contribution in [-0.4, -0.2) is 22.1 Å². The van der Waals surface area contributed by atoms with Crippen LogP contribution in [0.4, 0.5) is 0 Å². The number of rotatable bonds is 5. The molecule has 0 atom stereocenters. The fraction of sp³-hybridized carbons (Fsp3) is 0.0769. The van der Waals surface area contributed by atoms with E-state index in [0.29, 0.717) is 27.5 Å². The molecule has 0 saturated carbocycles. The summed E-state index contributed by atoms with van der Waals surface area (Å²) in [5.41, 5.74) is 2.24. The largest absolute Gasteiger partial charge is 0.508 e. The van der Waals surface area contributed by atoms with Gasteiger partial charge in [-0.1, -0.05) is 24.3 Å². The van der Waals surface area contributed by atoms with Crippen molar-refractivity contribution in [3.8, 4) is 23.0 Å². The van der Waals surface area contributed by atoms with Crippen molar-refractivity contribution in [2.45, 2.75) is 13.8 Å². The molecule has 1 aromatic heterocycles. The molecule has 3 aromatic carbocycles. The molecular formula is C26H20O6S. The quantitative estimate of drug-likeness (QED) is 0.349. The Morgan fingerprint density at radius 1 is 0.970 bits per heavy atom. The van der Waals surface area contributed by atoms with Crippen molar-refractivity contribution in [3.05, 3.63) is 88.3 Å². The minimum absolute atomic E-state index is 0.114. The number of carbonyl (C=O) groups excluding carboxylic acids is 3.